The Morgan fingerprint density at radius 2 is 1.90 bits per heavy atom. The van der Waals surface area contributed by atoms with Crippen molar-refractivity contribution in [1.29, 1.82) is 0 Å². The zero-order valence-electron chi connectivity index (χ0n) is 11.6. The molecule has 1 aromatic carbocycles. The molecule has 1 aliphatic rings. The molecule has 0 N–H and O–H groups in total. The van der Waals surface area contributed by atoms with E-state index in [0.717, 1.165) is 41.6 Å². The molecule has 0 spiro atoms. The summed E-state index contributed by atoms with van der Waals surface area (Å²) in [5.74, 6) is 1.66. The van der Waals surface area contributed by atoms with Crippen LogP contribution in [0.1, 0.15) is 17.0 Å². The molecule has 104 valence electrons. The summed E-state index contributed by atoms with van der Waals surface area (Å²) in [4.78, 5) is 11.1. The molecule has 0 atom stereocenters. The van der Waals surface area contributed by atoms with Gasteiger partial charge in [0.1, 0.15) is 12.4 Å². The van der Waals surface area contributed by atoms with Crippen LogP contribution < -0.4 is 9.64 Å². The molecule has 1 aromatic heterocycles. The number of nitrogens with zero attached hydrogens (tertiary/aromatic N) is 3. The van der Waals surface area contributed by atoms with Crippen molar-refractivity contribution in [3.63, 3.8) is 0 Å². The van der Waals surface area contributed by atoms with E-state index in [0.29, 0.717) is 11.8 Å². The Morgan fingerprint density at radius 1 is 1.15 bits per heavy atom. The Bertz CT molecular complexity index is 645. The van der Waals surface area contributed by atoms with E-state index in [1.165, 1.54) is 0 Å². The Morgan fingerprint density at radius 3 is 2.75 bits per heavy atom. The molecule has 0 aliphatic carbocycles. The van der Waals surface area contributed by atoms with Crippen LogP contribution in [0, 0.1) is 13.8 Å². The van der Waals surface area contributed by atoms with E-state index in [2.05, 4.69) is 20.9 Å². The van der Waals surface area contributed by atoms with Gasteiger partial charge in [-0.15, -0.1) is 0 Å². The van der Waals surface area contributed by atoms with Crippen molar-refractivity contribution in [2.24, 2.45) is 0 Å². The lowest BCUT2D eigenvalue weighted by molar-refractivity contribution is 0.331. The quantitative estimate of drug-likeness (QED) is 0.808. The van der Waals surface area contributed by atoms with Gasteiger partial charge in [-0.25, -0.2) is 9.97 Å². The lowest BCUT2D eigenvalue weighted by Gasteiger charge is -2.22. The fourth-order valence-electron chi connectivity index (χ4n) is 2.27. The van der Waals surface area contributed by atoms with Crippen molar-refractivity contribution in [1.82, 2.24) is 9.97 Å². The second kappa shape index (κ2) is 5.29. The average Bonchev–Trinajstić information content (AvgIpc) is 2.65. The molecule has 1 aliphatic heterocycles. The van der Waals surface area contributed by atoms with Crippen LogP contribution in [0.4, 0.5) is 5.82 Å². The second-order valence-corrected chi connectivity index (χ2v) is 5.24. The Labute approximate surface area is 123 Å². The molecule has 0 unspecified atom stereocenters. The van der Waals surface area contributed by atoms with Crippen molar-refractivity contribution in [2.75, 3.05) is 18.1 Å². The molecule has 20 heavy (non-hydrogen) atoms. The van der Waals surface area contributed by atoms with Crippen LogP contribution in [0.25, 0.3) is 0 Å². The maximum atomic E-state index is 6.26. The number of fused-ring (bicyclic) bond motifs is 1. The lowest BCUT2D eigenvalue weighted by atomic mass is 10.2. The van der Waals surface area contributed by atoms with Crippen LogP contribution in [0.15, 0.2) is 24.3 Å². The van der Waals surface area contributed by atoms with Gasteiger partial charge in [0.2, 0.25) is 0 Å². The zero-order valence-corrected chi connectivity index (χ0v) is 12.3. The average molecular weight is 290 g/mol. The van der Waals surface area contributed by atoms with Crippen LogP contribution in [0.2, 0.25) is 5.15 Å². The first kappa shape index (κ1) is 13.2. The fourth-order valence-corrected chi connectivity index (χ4v) is 2.56. The SMILES string of the molecule is Cc1nc(Cl)c(N2CCOc3ccccc3C2)nc1C. The van der Waals surface area contributed by atoms with E-state index in [1.807, 2.05) is 32.0 Å². The summed E-state index contributed by atoms with van der Waals surface area (Å²) in [6.07, 6.45) is 0. The van der Waals surface area contributed by atoms with Crippen molar-refractivity contribution in [3.8, 4) is 5.75 Å². The summed E-state index contributed by atoms with van der Waals surface area (Å²) in [5.41, 5.74) is 2.91. The van der Waals surface area contributed by atoms with Crippen molar-refractivity contribution < 1.29 is 4.74 Å². The summed E-state index contributed by atoms with van der Waals surface area (Å²) in [6, 6.07) is 8.05. The summed E-state index contributed by atoms with van der Waals surface area (Å²) >= 11 is 6.26. The summed E-state index contributed by atoms with van der Waals surface area (Å²) in [6.45, 7) is 5.95. The molecule has 0 radical (unpaired) electrons. The third-order valence-electron chi connectivity index (χ3n) is 3.50. The summed E-state index contributed by atoms with van der Waals surface area (Å²) in [5, 5.41) is 0.451. The first-order valence-corrected chi connectivity index (χ1v) is 6.99. The van der Waals surface area contributed by atoms with Gasteiger partial charge in [0.25, 0.3) is 0 Å². The first-order chi connectivity index (χ1) is 9.65. The summed E-state index contributed by atoms with van der Waals surface area (Å²) < 4.78 is 5.76. The van der Waals surface area contributed by atoms with Gasteiger partial charge in [0, 0.05) is 12.1 Å². The lowest BCUT2D eigenvalue weighted by Crippen LogP contribution is -2.27. The van der Waals surface area contributed by atoms with E-state index in [9.17, 15) is 0 Å². The number of para-hydroxylation sites is 1. The number of anilines is 1. The number of ether oxygens (including phenoxy) is 1. The molecule has 0 saturated heterocycles. The highest BCUT2D eigenvalue weighted by Gasteiger charge is 2.19. The Kier molecular flexibility index (Phi) is 3.49. The number of benzene rings is 1. The number of aryl methyl sites for hydroxylation is 2. The molecule has 0 saturated carbocycles. The number of halogens is 1. The molecular weight excluding hydrogens is 274 g/mol. The largest absolute Gasteiger partial charge is 0.491 e. The highest BCUT2D eigenvalue weighted by molar-refractivity contribution is 6.31. The number of hydrogen-bond donors (Lipinski definition) is 0. The predicted octanol–water partition coefficient (Wildman–Crippen LogP) is 3.15. The van der Waals surface area contributed by atoms with Gasteiger partial charge in [-0.1, -0.05) is 29.8 Å². The van der Waals surface area contributed by atoms with Gasteiger partial charge in [0.15, 0.2) is 11.0 Å². The third-order valence-corrected chi connectivity index (χ3v) is 3.75. The van der Waals surface area contributed by atoms with Crippen LogP contribution >= 0.6 is 11.6 Å². The molecule has 4 nitrogen and oxygen atoms in total. The van der Waals surface area contributed by atoms with Gasteiger partial charge in [0.05, 0.1) is 17.9 Å². The van der Waals surface area contributed by atoms with Gasteiger partial charge in [-0.2, -0.15) is 0 Å². The van der Waals surface area contributed by atoms with Gasteiger partial charge in [-0.05, 0) is 19.9 Å². The maximum absolute atomic E-state index is 6.26. The minimum atomic E-state index is 0.451. The van der Waals surface area contributed by atoms with E-state index < -0.39 is 0 Å². The van der Waals surface area contributed by atoms with E-state index >= 15 is 0 Å². The normalized spacial score (nSPS) is 14.4. The van der Waals surface area contributed by atoms with E-state index in [4.69, 9.17) is 16.3 Å². The molecule has 3 rings (SSSR count). The maximum Gasteiger partial charge on any atom is 0.171 e. The van der Waals surface area contributed by atoms with Gasteiger partial charge in [-0.3, -0.25) is 0 Å². The Hall–Kier alpha value is -1.81. The monoisotopic (exact) mass is 289 g/mol. The van der Waals surface area contributed by atoms with Crippen molar-refractivity contribution >= 4 is 17.4 Å². The van der Waals surface area contributed by atoms with Crippen LogP contribution in [0.3, 0.4) is 0 Å². The molecule has 0 fully saturated rings. The molecule has 0 amide bonds. The standard InChI is InChI=1S/C15H16ClN3O/c1-10-11(2)18-15(14(16)17-10)19-7-8-20-13-6-4-3-5-12(13)9-19/h3-6H,7-9H2,1-2H3. The van der Waals surface area contributed by atoms with E-state index in [-0.39, 0.29) is 0 Å². The van der Waals surface area contributed by atoms with Crippen molar-refractivity contribution in [2.45, 2.75) is 20.4 Å². The smallest absolute Gasteiger partial charge is 0.171 e. The molecule has 5 heteroatoms. The summed E-state index contributed by atoms with van der Waals surface area (Å²) in [7, 11) is 0. The van der Waals surface area contributed by atoms with Crippen LogP contribution in [-0.4, -0.2) is 23.1 Å². The topological polar surface area (TPSA) is 38.2 Å². The van der Waals surface area contributed by atoms with Gasteiger partial charge < -0.3 is 9.64 Å². The molecular formula is C15H16ClN3O. The number of hydrogen-bond acceptors (Lipinski definition) is 4. The zero-order chi connectivity index (χ0) is 14.1. The number of aromatic nitrogens is 2. The first-order valence-electron chi connectivity index (χ1n) is 6.61. The molecule has 2 heterocycles. The minimum Gasteiger partial charge on any atom is -0.491 e. The van der Waals surface area contributed by atoms with Crippen LogP contribution in [0.5, 0.6) is 5.75 Å². The second-order valence-electron chi connectivity index (χ2n) is 4.89. The van der Waals surface area contributed by atoms with E-state index in [1.54, 1.807) is 0 Å². The van der Waals surface area contributed by atoms with Gasteiger partial charge >= 0.3 is 0 Å². The fraction of sp³-hybridized carbons (Fsp3) is 0.333. The highest BCUT2D eigenvalue weighted by atomic mass is 35.5. The predicted molar refractivity (Wildman–Crippen MR) is 79.5 cm³/mol. The third kappa shape index (κ3) is 2.43. The molecule has 0 bridgehead atoms. The number of rotatable bonds is 1. The Balaban J connectivity index is 1.97. The minimum absolute atomic E-state index is 0.451. The highest BCUT2D eigenvalue weighted by Crippen LogP contribution is 2.28. The van der Waals surface area contributed by atoms with Crippen molar-refractivity contribution in [3.05, 3.63) is 46.4 Å². The van der Waals surface area contributed by atoms with Crippen LogP contribution in [-0.2, 0) is 6.54 Å². The molecule has 2 aromatic rings.